The van der Waals surface area contributed by atoms with E-state index in [0.717, 1.165) is 5.56 Å². The molecule has 2 aliphatic carbocycles. The highest BCUT2D eigenvalue weighted by Gasteiger charge is 2.14. The van der Waals surface area contributed by atoms with Gasteiger partial charge in [-0.3, -0.25) is 0 Å². The molecule has 0 unspecified atom stereocenters. The Morgan fingerprint density at radius 3 is 2.00 bits per heavy atom. The van der Waals surface area contributed by atoms with Gasteiger partial charge in [-0.05, 0) is 11.6 Å². The van der Waals surface area contributed by atoms with Crippen LogP contribution in [0.5, 0.6) is 5.75 Å². The van der Waals surface area contributed by atoms with Crippen molar-refractivity contribution in [3.63, 3.8) is 0 Å². The Labute approximate surface area is 52.8 Å². The third-order valence-corrected chi connectivity index (χ3v) is 1.31. The van der Waals surface area contributed by atoms with Crippen LogP contribution in [0.2, 0.25) is 0 Å². The fourth-order valence-electron chi connectivity index (χ4n) is 0.769. The maximum Gasteiger partial charge on any atom is 0.124 e. The molecule has 0 aliphatic heterocycles. The van der Waals surface area contributed by atoms with Crippen LogP contribution in [-0.2, 0) is 4.79 Å². The molecule has 9 heavy (non-hydrogen) atoms. The number of aromatic hydroxyl groups is 1. The van der Waals surface area contributed by atoms with E-state index in [9.17, 15) is 0 Å². The summed E-state index contributed by atoms with van der Waals surface area (Å²) in [6, 6.07) is 5.65. The van der Waals surface area contributed by atoms with Gasteiger partial charge in [-0.25, -0.2) is 0 Å². The summed E-state index contributed by atoms with van der Waals surface area (Å²) in [6.45, 7) is 2.00. The van der Waals surface area contributed by atoms with E-state index in [0.29, 0.717) is 5.75 Å². The average molecular weight is 122 g/mol. The monoisotopic (exact) mass is 122 g/mol. The Hall–Kier alpha value is -1.31. The van der Waals surface area contributed by atoms with Crippen LogP contribution in [-0.4, -0.2) is 11.9 Å². The lowest BCUT2D eigenvalue weighted by atomic mass is 9.93. The van der Waals surface area contributed by atoms with E-state index < -0.39 is 0 Å². The van der Waals surface area contributed by atoms with Gasteiger partial charge in [0.25, 0.3) is 0 Å². The molecule has 0 heterocycles. The quantitative estimate of drug-likeness (QED) is 0.569. The van der Waals surface area contributed by atoms with Gasteiger partial charge in [0.1, 0.15) is 12.5 Å². The molecule has 1 N–H and O–H groups in total. The Morgan fingerprint density at radius 1 is 1.33 bits per heavy atom. The maximum atomic E-state index is 8.69. The highest BCUT2D eigenvalue weighted by atomic mass is 16.3. The molecular weight excluding hydrogens is 116 g/mol. The smallest absolute Gasteiger partial charge is 0.124 e. The normalized spacial score (nSPS) is 9.33. The van der Waals surface area contributed by atoms with Gasteiger partial charge in [0.05, 0.1) is 0 Å². The van der Waals surface area contributed by atoms with E-state index in [1.807, 2.05) is 18.9 Å². The molecule has 0 spiro atoms. The number of hydrogen-bond acceptors (Lipinski definition) is 2. The van der Waals surface area contributed by atoms with E-state index in [1.54, 1.807) is 6.07 Å². The summed E-state index contributed by atoms with van der Waals surface area (Å²) in [5.41, 5.74) is 2.22. The molecule has 2 rings (SSSR count). The van der Waals surface area contributed by atoms with E-state index in [2.05, 4.69) is 0 Å². The zero-order chi connectivity index (χ0) is 6.85. The third kappa shape index (κ3) is 0.598. The summed E-state index contributed by atoms with van der Waals surface area (Å²) in [6.07, 6.45) is 0. The fourth-order valence-corrected chi connectivity index (χ4v) is 0.769. The van der Waals surface area contributed by atoms with E-state index in [1.165, 1.54) is 5.56 Å². The molecule has 2 nitrogen and oxygen atoms in total. The number of carbonyl (C=O) groups is 1. The zero-order valence-corrected chi connectivity index (χ0v) is 4.79. The van der Waals surface area contributed by atoms with E-state index in [-0.39, 0.29) is 0 Å². The first-order valence-electron chi connectivity index (χ1n) is 2.50. The predicted molar refractivity (Wildman–Crippen MR) is 34.2 cm³/mol. The topological polar surface area (TPSA) is 37.3 Å². The van der Waals surface area contributed by atoms with Crippen LogP contribution in [0.25, 0.3) is 11.1 Å². The zero-order valence-electron chi connectivity index (χ0n) is 4.79. The minimum Gasteiger partial charge on any atom is -0.507 e. The molecule has 0 saturated heterocycles. The van der Waals surface area contributed by atoms with Crippen molar-refractivity contribution in [1.29, 1.82) is 0 Å². The molecule has 0 atom stereocenters. The number of carbonyl (C=O) groups excluding carboxylic acids is 1. The van der Waals surface area contributed by atoms with Crippen LogP contribution in [0, 0.1) is 0 Å². The molecule has 0 radical (unpaired) electrons. The standard InChI is InChI=1S/C6H4O.CH2O/c7-6-3-4-1-2-5(4)6;1-2/h1-3,7H;1H2. The summed E-state index contributed by atoms with van der Waals surface area (Å²) in [5.74, 6) is 0.442. The third-order valence-electron chi connectivity index (χ3n) is 1.31. The number of fused-ring (bicyclic) bond motifs is 1. The van der Waals surface area contributed by atoms with Crippen LogP contribution in [0.4, 0.5) is 0 Å². The second-order valence-electron chi connectivity index (χ2n) is 1.73. The van der Waals surface area contributed by atoms with Crippen LogP contribution < -0.4 is 0 Å². The van der Waals surface area contributed by atoms with Crippen molar-refractivity contribution >= 4 is 6.79 Å². The molecule has 2 aliphatic rings. The minimum atomic E-state index is 0.442. The van der Waals surface area contributed by atoms with Gasteiger partial charge in [0, 0.05) is 5.56 Å². The van der Waals surface area contributed by atoms with Crippen LogP contribution in [0.3, 0.4) is 0 Å². The summed E-state index contributed by atoms with van der Waals surface area (Å²) in [4.78, 5) is 8.00. The molecule has 46 valence electrons. The Morgan fingerprint density at radius 2 is 2.00 bits per heavy atom. The van der Waals surface area contributed by atoms with Gasteiger partial charge in [-0.2, -0.15) is 0 Å². The fraction of sp³-hybridized carbons (Fsp3) is 0. The number of hydrogen-bond donors (Lipinski definition) is 1. The Bertz CT molecular complexity index is 230. The molecule has 0 aromatic heterocycles. The molecule has 0 fully saturated rings. The van der Waals surface area contributed by atoms with Gasteiger partial charge in [-0.1, -0.05) is 12.1 Å². The largest absolute Gasteiger partial charge is 0.507 e. The van der Waals surface area contributed by atoms with Crippen LogP contribution in [0.15, 0.2) is 18.2 Å². The molecule has 0 amide bonds. The van der Waals surface area contributed by atoms with Crippen LogP contribution >= 0.6 is 0 Å². The minimum absolute atomic E-state index is 0.442. The Kier molecular flexibility index (Phi) is 1.23. The highest BCUT2D eigenvalue weighted by molar-refractivity contribution is 5.83. The second kappa shape index (κ2) is 1.90. The molecule has 0 saturated carbocycles. The number of phenolic OH excluding ortho intramolecular Hbond substituents is 1. The first kappa shape index (κ1) is 5.82. The summed E-state index contributed by atoms with van der Waals surface area (Å²) in [5, 5.41) is 8.69. The Balaban J connectivity index is 0.000000186. The van der Waals surface area contributed by atoms with Gasteiger partial charge in [0.2, 0.25) is 0 Å². The number of rotatable bonds is 0. The lowest BCUT2D eigenvalue weighted by Gasteiger charge is -2.14. The average Bonchev–Trinajstić information content (AvgIpc) is 1.87. The SMILES string of the molecule is C=O.Oc1cc2ccc1-2. The van der Waals surface area contributed by atoms with Gasteiger partial charge in [0.15, 0.2) is 0 Å². The van der Waals surface area contributed by atoms with Gasteiger partial charge < -0.3 is 9.90 Å². The van der Waals surface area contributed by atoms with Crippen molar-refractivity contribution < 1.29 is 9.90 Å². The number of benzene rings is 1. The molecule has 0 aromatic rings. The second-order valence-corrected chi connectivity index (χ2v) is 1.73. The van der Waals surface area contributed by atoms with Crippen molar-refractivity contribution in [3.8, 4) is 16.9 Å². The molecular formula is C7H6O2. The first-order valence-corrected chi connectivity index (χ1v) is 2.50. The summed E-state index contributed by atoms with van der Waals surface area (Å²) in [7, 11) is 0. The van der Waals surface area contributed by atoms with Crippen molar-refractivity contribution in [2.24, 2.45) is 0 Å². The van der Waals surface area contributed by atoms with Crippen molar-refractivity contribution in [1.82, 2.24) is 0 Å². The van der Waals surface area contributed by atoms with Crippen molar-refractivity contribution in [2.45, 2.75) is 0 Å². The van der Waals surface area contributed by atoms with Gasteiger partial charge >= 0.3 is 0 Å². The lowest BCUT2D eigenvalue weighted by Crippen LogP contribution is -1.88. The highest BCUT2D eigenvalue weighted by Crippen LogP contribution is 2.41. The van der Waals surface area contributed by atoms with Gasteiger partial charge in [-0.15, -0.1) is 0 Å². The van der Waals surface area contributed by atoms with Crippen molar-refractivity contribution in [3.05, 3.63) is 18.2 Å². The summed E-state index contributed by atoms with van der Waals surface area (Å²) < 4.78 is 0. The summed E-state index contributed by atoms with van der Waals surface area (Å²) >= 11 is 0. The molecule has 2 heteroatoms. The van der Waals surface area contributed by atoms with Crippen molar-refractivity contribution in [2.75, 3.05) is 0 Å². The molecule has 0 bridgehead atoms. The van der Waals surface area contributed by atoms with E-state index >= 15 is 0 Å². The maximum absolute atomic E-state index is 8.69. The predicted octanol–water partition coefficient (Wildman–Crippen LogP) is 1.19. The number of phenols is 1. The lowest BCUT2D eigenvalue weighted by molar-refractivity contribution is -0.0979. The van der Waals surface area contributed by atoms with Crippen LogP contribution in [0.1, 0.15) is 0 Å². The molecule has 0 aromatic carbocycles. The first-order chi connectivity index (χ1) is 4.38. The van der Waals surface area contributed by atoms with E-state index in [4.69, 9.17) is 9.90 Å².